The number of fused-ring (bicyclic) bond motifs is 1. The van der Waals surface area contributed by atoms with Gasteiger partial charge in [0.1, 0.15) is 17.2 Å². The SMILES string of the molecule is C=S(=O)(Nc1ccc2nccc(Nc3cc(O)cc(OC)c3)c2c1)c1ccc(OC)cc1. The van der Waals surface area contributed by atoms with Crippen LogP contribution in [0.2, 0.25) is 0 Å². The quantitative estimate of drug-likeness (QED) is 0.351. The van der Waals surface area contributed by atoms with Crippen molar-refractivity contribution in [3.05, 3.63) is 72.9 Å². The summed E-state index contributed by atoms with van der Waals surface area (Å²) in [5, 5.41) is 14.0. The van der Waals surface area contributed by atoms with Gasteiger partial charge in [-0.1, -0.05) is 0 Å². The molecular weight excluding hydrogens is 426 g/mol. The maximum Gasteiger partial charge on any atom is 0.124 e. The maximum absolute atomic E-state index is 13.2. The van der Waals surface area contributed by atoms with Gasteiger partial charge in [0.05, 0.1) is 29.4 Å². The molecule has 0 saturated carbocycles. The molecule has 4 aromatic rings. The lowest BCUT2D eigenvalue weighted by Gasteiger charge is -2.15. The topological polar surface area (TPSA) is 92.7 Å². The number of nitrogens with one attached hydrogen (secondary N) is 2. The number of methoxy groups -OCH3 is 2. The summed E-state index contributed by atoms with van der Waals surface area (Å²) < 4.78 is 26.7. The molecule has 0 aliphatic carbocycles. The minimum absolute atomic E-state index is 0.0869. The van der Waals surface area contributed by atoms with Crippen LogP contribution >= 0.6 is 0 Å². The Morgan fingerprint density at radius 3 is 2.38 bits per heavy atom. The Morgan fingerprint density at radius 1 is 0.906 bits per heavy atom. The van der Waals surface area contributed by atoms with Crippen LogP contribution in [0, 0.1) is 0 Å². The van der Waals surface area contributed by atoms with E-state index in [1.807, 2.05) is 24.3 Å². The lowest BCUT2D eigenvalue weighted by Crippen LogP contribution is -2.12. The fourth-order valence-corrected chi connectivity index (χ4v) is 4.49. The third-order valence-electron chi connectivity index (χ3n) is 4.87. The Labute approximate surface area is 186 Å². The molecule has 32 heavy (non-hydrogen) atoms. The molecule has 0 amide bonds. The zero-order valence-electron chi connectivity index (χ0n) is 17.7. The second kappa shape index (κ2) is 8.68. The summed E-state index contributed by atoms with van der Waals surface area (Å²) in [5.41, 5.74) is 2.82. The molecule has 164 valence electrons. The molecule has 4 rings (SSSR count). The summed E-state index contributed by atoms with van der Waals surface area (Å²) in [4.78, 5) is 4.97. The van der Waals surface area contributed by atoms with Crippen LogP contribution in [0.3, 0.4) is 0 Å². The van der Waals surface area contributed by atoms with Gasteiger partial charge in [-0.25, -0.2) is 4.21 Å². The molecule has 0 radical (unpaired) electrons. The normalized spacial score (nSPS) is 12.7. The standard InChI is InChI=1S/C24H23N3O4S/c1-30-19-5-7-21(8-6-19)32(3,29)27-16-4-9-23-22(14-16)24(10-11-25-23)26-17-12-18(28)15-20(13-17)31-2/h4-15,28H,3H2,1-2H3,(H,25,26)(H,27,29). The number of aromatic hydroxyl groups is 1. The Morgan fingerprint density at radius 2 is 1.66 bits per heavy atom. The van der Waals surface area contributed by atoms with Crippen LogP contribution in [0.4, 0.5) is 17.1 Å². The van der Waals surface area contributed by atoms with Gasteiger partial charge in [-0.15, -0.1) is 0 Å². The van der Waals surface area contributed by atoms with E-state index < -0.39 is 9.71 Å². The number of anilines is 3. The summed E-state index contributed by atoms with van der Waals surface area (Å²) in [5.74, 6) is 5.19. The van der Waals surface area contributed by atoms with E-state index >= 15 is 0 Å². The lowest BCUT2D eigenvalue weighted by molar-refractivity contribution is 0.408. The van der Waals surface area contributed by atoms with Crippen molar-refractivity contribution in [3.8, 4) is 17.2 Å². The highest BCUT2D eigenvalue weighted by atomic mass is 32.2. The number of pyridine rings is 1. The largest absolute Gasteiger partial charge is 0.508 e. The first-order chi connectivity index (χ1) is 15.4. The predicted molar refractivity (Wildman–Crippen MR) is 130 cm³/mol. The van der Waals surface area contributed by atoms with E-state index in [0.29, 0.717) is 27.8 Å². The number of nitrogens with zero attached hydrogens (tertiary/aromatic N) is 1. The van der Waals surface area contributed by atoms with Crippen molar-refractivity contribution in [2.75, 3.05) is 24.3 Å². The van der Waals surface area contributed by atoms with Crippen molar-refractivity contribution < 1.29 is 18.8 Å². The van der Waals surface area contributed by atoms with Crippen molar-refractivity contribution >= 4 is 43.5 Å². The van der Waals surface area contributed by atoms with Gasteiger partial charge in [-0.3, -0.25) is 4.98 Å². The van der Waals surface area contributed by atoms with Crippen LogP contribution in [0.15, 0.2) is 77.8 Å². The van der Waals surface area contributed by atoms with Crippen molar-refractivity contribution in [3.63, 3.8) is 0 Å². The van der Waals surface area contributed by atoms with E-state index in [1.54, 1.807) is 49.7 Å². The Hall–Kier alpha value is -3.91. The van der Waals surface area contributed by atoms with Crippen LogP contribution in [0.1, 0.15) is 0 Å². The van der Waals surface area contributed by atoms with Gasteiger partial charge in [0.2, 0.25) is 0 Å². The number of ether oxygens (including phenoxy) is 2. The molecule has 3 aromatic carbocycles. The molecule has 0 bridgehead atoms. The van der Waals surface area contributed by atoms with Gasteiger partial charge >= 0.3 is 0 Å². The van der Waals surface area contributed by atoms with Crippen LogP contribution < -0.4 is 19.5 Å². The average Bonchev–Trinajstić information content (AvgIpc) is 2.79. The molecule has 0 fully saturated rings. The van der Waals surface area contributed by atoms with E-state index in [-0.39, 0.29) is 5.75 Å². The van der Waals surface area contributed by atoms with Crippen LogP contribution in [0.25, 0.3) is 10.9 Å². The van der Waals surface area contributed by atoms with E-state index in [4.69, 9.17) is 9.47 Å². The fraction of sp³-hybridized carbons (Fsp3) is 0.0833. The van der Waals surface area contributed by atoms with Crippen LogP contribution in [-0.2, 0) is 9.71 Å². The fourth-order valence-electron chi connectivity index (χ4n) is 3.29. The summed E-state index contributed by atoms with van der Waals surface area (Å²) >= 11 is 0. The molecule has 7 nitrogen and oxygen atoms in total. The van der Waals surface area contributed by atoms with E-state index in [1.165, 1.54) is 13.2 Å². The summed E-state index contributed by atoms with van der Waals surface area (Å²) in [6.07, 6.45) is 1.69. The van der Waals surface area contributed by atoms with Gasteiger partial charge in [0.25, 0.3) is 0 Å². The summed E-state index contributed by atoms with van der Waals surface area (Å²) in [6, 6.07) is 19.2. The molecule has 1 aromatic heterocycles. The smallest absolute Gasteiger partial charge is 0.124 e. The Bertz CT molecular complexity index is 1370. The van der Waals surface area contributed by atoms with Gasteiger partial charge in [0.15, 0.2) is 0 Å². The molecule has 1 heterocycles. The molecule has 1 unspecified atom stereocenters. The highest BCUT2D eigenvalue weighted by Crippen LogP contribution is 2.32. The third kappa shape index (κ3) is 4.55. The third-order valence-corrected chi connectivity index (χ3v) is 6.47. The summed E-state index contributed by atoms with van der Waals surface area (Å²) in [6.45, 7) is 0. The Balaban J connectivity index is 1.67. The van der Waals surface area contributed by atoms with Gasteiger partial charge < -0.3 is 24.6 Å². The number of rotatable bonds is 7. The number of hydrogen-bond donors (Lipinski definition) is 3. The highest BCUT2D eigenvalue weighted by Gasteiger charge is 2.11. The first kappa shape index (κ1) is 21.3. The number of hydrogen-bond acceptors (Lipinski definition) is 6. The molecule has 0 saturated heterocycles. The molecule has 8 heteroatoms. The minimum Gasteiger partial charge on any atom is -0.508 e. The van der Waals surface area contributed by atoms with Crippen molar-refractivity contribution in [2.24, 2.45) is 0 Å². The predicted octanol–water partition coefficient (Wildman–Crippen LogP) is 4.80. The van der Waals surface area contributed by atoms with Crippen LogP contribution in [-0.4, -0.2) is 34.4 Å². The van der Waals surface area contributed by atoms with E-state index in [0.717, 1.165) is 16.6 Å². The maximum atomic E-state index is 13.2. The monoisotopic (exact) mass is 449 g/mol. The minimum atomic E-state index is -2.79. The molecule has 0 spiro atoms. The second-order valence-corrected chi connectivity index (χ2v) is 9.11. The van der Waals surface area contributed by atoms with Crippen molar-refractivity contribution in [1.82, 2.24) is 4.98 Å². The van der Waals surface area contributed by atoms with Crippen LogP contribution in [0.5, 0.6) is 17.2 Å². The second-order valence-electron chi connectivity index (χ2n) is 7.09. The molecule has 0 aliphatic rings. The Kier molecular flexibility index (Phi) is 5.79. The number of aromatic nitrogens is 1. The number of benzene rings is 3. The highest BCUT2D eigenvalue weighted by molar-refractivity contribution is 8.01. The zero-order chi connectivity index (χ0) is 22.7. The molecule has 3 N–H and O–H groups in total. The van der Waals surface area contributed by atoms with E-state index in [9.17, 15) is 9.32 Å². The van der Waals surface area contributed by atoms with E-state index in [2.05, 4.69) is 20.9 Å². The zero-order valence-corrected chi connectivity index (χ0v) is 18.5. The van der Waals surface area contributed by atoms with Gasteiger partial charge in [-0.05, 0) is 54.4 Å². The number of phenols is 1. The molecule has 1 atom stereocenters. The average molecular weight is 450 g/mol. The van der Waals surface area contributed by atoms with Gasteiger partial charge in [0, 0.05) is 51.7 Å². The van der Waals surface area contributed by atoms with Crippen molar-refractivity contribution in [1.29, 1.82) is 0 Å². The molecule has 0 aliphatic heterocycles. The summed E-state index contributed by atoms with van der Waals surface area (Å²) in [7, 11) is 0.330. The van der Waals surface area contributed by atoms with Gasteiger partial charge in [-0.2, -0.15) is 0 Å². The first-order valence-electron chi connectivity index (χ1n) is 9.71. The lowest BCUT2D eigenvalue weighted by atomic mass is 10.1. The molecular formula is C24H23N3O4S. The van der Waals surface area contributed by atoms with Crippen molar-refractivity contribution in [2.45, 2.75) is 4.90 Å². The first-order valence-corrected chi connectivity index (χ1v) is 11.4. The number of phenolic OH excluding ortho intramolecular Hbond substituents is 1.